The third-order valence-corrected chi connectivity index (χ3v) is 3.07. The van der Waals surface area contributed by atoms with Gasteiger partial charge in [0.2, 0.25) is 0 Å². The molecule has 2 rings (SSSR count). The van der Waals surface area contributed by atoms with Crippen LogP contribution in [-0.4, -0.2) is 21.3 Å². The molecule has 5 heteroatoms. The van der Waals surface area contributed by atoms with Gasteiger partial charge in [-0.3, -0.25) is 4.79 Å². The number of carbonyl (C=O) groups is 1. The van der Waals surface area contributed by atoms with Gasteiger partial charge in [0.05, 0.1) is 6.42 Å². The van der Waals surface area contributed by atoms with E-state index in [0.29, 0.717) is 6.42 Å². The fourth-order valence-electron chi connectivity index (χ4n) is 1.27. The second-order valence-electron chi connectivity index (χ2n) is 3.26. The Morgan fingerprint density at radius 3 is 2.69 bits per heavy atom. The van der Waals surface area contributed by atoms with Crippen LogP contribution in [0.2, 0.25) is 0 Å². The highest BCUT2D eigenvalue weighted by atomic mass is 32.1. The van der Waals surface area contributed by atoms with Gasteiger partial charge in [-0.25, -0.2) is 0 Å². The number of carboxylic acid groups (broad SMARTS) is 1. The third kappa shape index (κ3) is 2.64. The summed E-state index contributed by atoms with van der Waals surface area (Å²) < 4.78 is 0. The first-order valence-corrected chi connectivity index (χ1v) is 5.67. The zero-order chi connectivity index (χ0) is 11.4. The summed E-state index contributed by atoms with van der Waals surface area (Å²) >= 11 is 1.44. The quantitative estimate of drug-likeness (QED) is 0.881. The van der Waals surface area contributed by atoms with Gasteiger partial charge in [0, 0.05) is 12.0 Å². The van der Waals surface area contributed by atoms with Crippen molar-refractivity contribution in [3.8, 4) is 10.6 Å². The van der Waals surface area contributed by atoms with Gasteiger partial charge in [-0.05, 0) is 0 Å². The second-order valence-corrected chi connectivity index (χ2v) is 4.32. The molecule has 0 aliphatic carbocycles. The van der Waals surface area contributed by atoms with E-state index in [0.717, 1.165) is 15.6 Å². The summed E-state index contributed by atoms with van der Waals surface area (Å²) in [6.45, 7) is 0. The summed E-state index contributed by atoms with van der Waals surface area (Å²) in [4.78, 5) is 10.4. The first-order chi connectivity index (χ1) is 7.75. The molecule has 0 aliphatic heterocycles. The number of aliphatic carboxylic acids is 1. The minimum absolute atomic E-state index is 0.101. The maximum atomic E-state index is 10.4. The van der Waals surface area contributed by atoms with Gasteiger partial charge in [0.15, 0.2) is 0 Å². The minimum atomic E-state index is -0.809. The predicted molar refractivity (Wildman–Crippen MR) is 61.3 cm³/mol. The Morgan fingerprint density at radius 2 is 2.00 bits per heavy atom. The number of aromatic nitrogens is 2. The van der Waals surface area contributed by atoms with E-state index in [1.165, 1.54) is 11.3 Å². The van der Waals surface area contributed by atoms with E-state index in [1.54, 1.807) is 0 Å². The summed E-state index contributed by atoms with van der Waals surface area (Å²) in [6, 6.07) is 9.74. The monoisotopic (exact) mass is 234 g/mol. The van der Waals surface area contributed by atoms with Crippen LogP contribution in [0.4, 0.5) is 0 Å². The van der Waals surface area contributed by atoms with Crippen molar-refractivity contribution < 1.29 is 9.90 Å². The molecule has 0 radical (unpaired) electrons. The minimum Gasteiger partial charge on any atom is -0.481 e. The lowest BCUT2D eigenvalue weighted by molar-refractivity contribution is -0.136. The molecule has 82 valence electrons. The van der Waals surface area contributed by atoms with Gasteiger partial charge in [0.25, 0.3) is 0 Å². The normalized spacial score (nSPS) is 10.2. The summed E-state index contributed by atoms with van der Waals surface area (Å²) in [6.07, 6.45) is 0.545. The fourth-order valence-corrected chi connectivity index (χ4v) is 2.11. The van der Waals surface area contributed by atoms with E-state index in [1.807, 2.05) is 30.3 Å². The van der Waals surface area contributed by atoms with Crippen LogP contribution in [0.15, 0.2) is 30.3 Å². The summed E-state index contributed by atoms with van der Waals surface area (Å²) in [5.41, 5.74) is 1.02. The second kappa shape index (κ2) is 4.85. The van der Waals surface area contributed by atoms with Gasteiger partial charge >= 0.3 is 5.97 Å². The lowest BCUT2D eigenvalue weighted by Gasteiger charge is -1.91. The van der Waals surface area contributed by atoms with Crippen molar-refractivity contribution >= 4 is 17.3 Å². The predicted octanol–water partition coefficient (Wildman–Crippen LogP) is 2.22. The lowest BCUT2D eigenvalue weighted by Crippen LogP contribution is -1.96. The molecule has 0 amide bonds. The van der Waals surface area contributed by atoms with Crippen molar-refractivity contribution in [2.75, 3.05) is 0 Å². The molecule has 1 N–H and O–H groups in total. The molecule has 1 heterocycles. The number of benzene rings is 1. The van der Waals surface area contributed by atoms with E-state index in [4.69, 9.17) is 5.11 Å². The molecule has 4 nitrogen and oxygen atoms in total. The van der Waals surface area contributed by atoms with Crippen molar-refractivity contribution in [2.45, 2.75) is 12.8 Å². The van der Waals surface area contributed by atoms with Crippen LogP contribution in [0.25, 0.3) is 10.6 Å². The number of aryl methyl sites for hydroxylation is 1. The van der Waals surface area contributed by atoms with Gasteiger partial charge in [-0.1, -0.05) is 41.7 Å². The SMILES string of the molecule is O=C(O)CCc1nnc(-c2ccccc2)s1. The Hall–Kier alpha value is -1.75. The highest BCUT2D eigenvalue weighted by Crippen LogP contribution is 2.23. The smallest absolute Gasteiger partial charge is 0.303 e. The van der Waals surface area contributed by atoms with Crippen LogP contribution < -0.4 is 0 Å². The average molecular weight is 234 g/mol. The van der Waals surface area contributed by atoms with Gasteiger partial charge < -0.3 is 5.11 Å². The molecule has 0 atom stereocenters. The van der Waals surface area contributed by atoms with E-state index in [2.05, 4.69) is 10.2 Å². The topological polar surface area (TPSA) is 63.1 Å². The first kappa shape index (κ1) is 10.8. The van der Waals surface area contributed by atoms with Crippen LogP contribution >= 0.6 is 11.3 Å². The molecular weight excluding hydrogens is 224 g/mol. The average Bonchev–Trinajstić information content (AvgIpc) is 2.76. The van der Waals surface area contributed by atoms with Crippen LogP contribution in [0.5, 0.6) is 0 Å². The van der Waals surface area contributed by atoms with Crippen molar-refractivity contribution in [3.05, 3.63) is 35.3 Å². The maximum absolute atomic E-state index is 10.4. The number of rotatable bonds is 4. The number of hydrogen-bond acceptors (Lipinski definition) is 4. The fraction of sp³-hybridized carbons (Fsp3) is 0.182. The first-order valence-electron chi connectivity index (χ1n) is 4.85. The molecule has 16 heavy (non-hydrogen) atoms. The van der Waals surface area contributed by atoms with E-state index < -0.39 is 5.97 Å². The molecular formula is C11H10N2O2S. The van der Waals surface area contributed by atoms with Gasteiger partial charge in [-0.15, -0.1) is 10.2 Å². The molecule has 2 aromatic rings. The van der Waals surface area contributed by atoms with Gasteiger partial charge in [0.1, 0.15) is 10.0 Å². The summed E-state index contributed by atoms with van der Waals surface area (Å²) in [7, 11) is 0. The van der Waals surface area contributed by atoms with E-state index >= 15 is 0 Å². The van der Waals surface area contributed by atoms with E-state index in [9.17, 15) is 4.79 Å². The lowest BCUT2D eigenvalue weighted by atomic mass is 10.2. The molecule has 0 fully saturated rings. The maximum Gasteiger partial charge on any atom is 0.303 e. The molecule has 0 saturated heterocycles. The largest absolute Gasteiger partial charge is 0.481 e. The summed E-state index contributed by atoms with van der Waals surface area (Å²) in [5.74, 6) is -0.809. The van der Waals surface area contributed by atoms with Crippen molar-refractivity contribution in [3.63, 3.8) is 0 Å². The van der Waals surface area contributed by atoms with Crippen LogP contribution in [0, 0.1) is 0 Å². The number of hydrogen-bond donors (Lipinski definition) is 1. The van der Waals surface area contributed by atoms with Crippen LogP contribution in [-0.2, 0) is 11.2 Å². The Bertz CT molecular complexity index is 482. The number of carboxylic acids is 1. The highest BCUT2D eigenvalue weighted by molar-refractivity contribution is 7.14. The van der Waals surface area contributed by atoms with E-state index in [-0.39, 0.29) is 6.42 Å². The third-order valence-electron chi connectivity index (χ3n) is 2.04. The molecule has 0 aliphatic rings. The summed E-state index contributed by atoms with van der Waals surface area (Å²) in [5, 5.41) is 18.2. The molecule has 0 unspecified atom stereocenters. The van der Waals surface area contributed by atoms with Crippen molar-refractivity contribution in [2.24, 2.45) is 0 Å². The Balaban J connectivity index is 2.11. The van der Waals surface area contributed by atoms with Crippen LogP contribution in [0.1, 0.15) is 11.4 Å². The molecule has 1 aromatic heterocycles. The molecule has 1 aromatic carbocycles. The zero-order valence-corrected chi connectivity index (χ0v) is 9.28. The Kier molecular flexibility index (Phi) is 3.26. The molecule has 0 bridgehead atoms. The molecule has 0 spiro atoms. The standard InChI is InChI=1S/C11H10N2O2S/c14-10(15)7-6-9-12-13-11(16-9)8-4-2-1-3-5-8/h1-5H,6-7H2,(H,14,15). The Morgan fingerprint density at radius 1 is 1.25 bits per heavy atom. The van der Waals surface area contributed by atoms with Crippen molar-refractivity contribution in [1.82, 2.24) is 10.2 Å². The van der Waals surface area contributed by atoms with Crippen LogP contribution in [0.3, 0.4) is 0 Å². The van der Waals surface area contributed by atoms with Gasteiger partial charge in [-0.2, -0.15) is 0 Å². The molecule has 0 saturated carbocycles. The number of nitrogens with zero attached hydrogens (tertiary/aromatic N) is 2. The van der Waals surface area contributed by atoms with Crippen molar-refractivity contribution in [1.29, 1.82) is 0 Å². The Labute approximate surface area is 96.6 Å². The highest BCUT2D eigenvalue weighted by Gasteiger charge is 2.07. The zero-order valence-electron chi connectivity index (χ0n) is 8.46.